The SMILES string of the molecule is COCCOc1cc(C)ccc1CN=C(NCc1cccs1)NCc1nnc(C)n1C.I. The molecule has 0 spiro atoms. The summed E-state index contributed by atoms with van der Waals surface area (Å²) in [5.74, 6) is 3.26. The number of rotatable bonds is 10. The summed E-state index contributed by atoms with van der Waals surface area (Å²) in [4.78, 5) is 6.03. The van der Waals surface area contributed by atoms with Gasteiger partial charge in [0.2, 0.25) is 0 Å². The lowest BCUT2D eigenvalue weighted by Gasteiger charge is -2.14. The third-order valence-corrected chi connectivity index (χ3v) is 5.66. The Balaban J connectivity index is 0.00000363. The van der Waals surface area contributed by atoms with Gasteiger partial charge in [-0.3, -0.25) is 0 Å². The van der Waals surface area contributed by atoms with E-state index in [1.54, 1.807) is 18.4 Å². The summed E-state index contributed by atoms with van der Waals surface area (Å²) in [6.07, 6.45) is 0. The number of guanidine groups is 1. The van der Waals surface area contributed by atoms with Crippen LogP contribution in [0.5, 0.6) is 5.75 Å². The molecule has 32 heavy (non-hydrogen) atoms. The lowest BCUT2D eigenvalue weighted by atomic mass is 10.1. The fourth-order valence-electron chi connectivity index (χ4n) is 2.85. The topological polar surface area (TPSA) is 85.6 Å². The third kappa shape index (κ3) is 7.75. The van der Waals surface area contributed by atoms with Crippen molar-refractivity contribution in [1.82, 2.24) is 25.4 Å². The molecule has 0 radical (unpaired) electrons. The van der Waals surface area contributed by atoms with Crippen LogP contribution in [0.1, 0.15) is 27.7 Å². The van der Waals surface area contributed by atoms with Crippen LogP contribution in [0.2, 0.25) is 0 Å². The predicted octanol–water partition coefficient (Wildman–Crippen LogP) is 3.57. The molecule has 0 bridgehead atoms. The highest BCUT2D eigenvalue weighted by Gasteiger charge is 2.08. The monoisotopic (exact) mass is 570 g/mol. The molecule has 0 saturated carbocycles. The lowest BCUT2D eigenvalue weighted by Crippen LogP contribution is -2.37. The summed E-state index contributed by atoms with van der Waals surface area (Å²) >= 11 is 1.71. The van der Waals surface area contributed by atoms with Crippen molar-refractivity contribution in [2.24, 2.45) is 12.0 Å². The molecule has 1 aromatic carbocycles. The van der Waals surface area contributed by atoms with Gasteiger partial charge in [-0.15, -0.1) is 45.5 Å². The number of halogens is 1. The molecule has 174 valence electrons. The minimum Gasteiger partial charge on any atom is -0.491 e. The number of hydrogen-bond donors (Lipinski definition) is 2. The molecule has 0 saturated heterocycles. The van der Waals surface area contributed by atoms with E-state index in [9.17, 15) is 0 Å². The molecule has 2 aromatic heterocycles. The molecule has 0 atom stereocenters. The summed E-state index contributed by atoms with van der Waals surface area (Å²) in [7, 11) is 3.62. The van der Waals surface area contributed by atoms with Crippen LogP contribution in [0.25, 0.3) is 0 Å². The number of aryl methyl sites for hydroxylation is 2. The number of benzene rings is 1. The maximum absolute atomic E-state index is 5.90. The second-order valence-corrected chi connectivity index (χ2v) is 8.16. The van der Waals surface area contributed by atoms with Gasteiger partial charge in [0, 0.05) is 24.6 Å². The largest absolute Gasteiger partial charge is 0.491 e. The normalized spacial score (nSPS) is 11.2. The number of aromatic nitrogens is 3. The predicted molar refractivity (Wildman–Crippen MR) is 139 cm³/mol. The molecule has 0 amide bonds. The Morgan fingerprint density at radius 1 is 1.12 bits per heavy atom. The zero-order valence-corrected chi connectivity index (χ0v) is 22.1. The van der Waals surface area contributed by atoms with Crippen molar-refractivity contribution in [3.05, 3.63) is 63.4 Å². The van der Waals surface area contributed by atoms with E-state index in [-0.39, 0.29) is 24.0 Å². The molecule has 0 aliphatic heterocycles. The van der Waals surface area contributed by atoms with E-state index in [0.717, 1.165) is 28.5 Å². The van der Waals surface area contributed by atoms with Gasteiger partial charge >= 0.3 is 0 Å². The van der Waals surface area contributed by atoms with Crippen LogP contribution in [-0.2, 0) is 31.4 Å². The molecular formula is C22H31IN6O2S. The van der Waals surface area contributed by atoms with E-state index in [4.69, 9.17) is 14.5 Å². The van der Waals surface area contributed by atoms with E-state index in [2.05, 4.69) is 51.3 Å². The Hall–Kier alpha value is -2.18. The first-order chi connectivity index (χ1) is 15.1. The zero-order chi connectivity index (χ0) is 22.1. The first-order valence-corrected chi connectivity index (χ1v) is 11.1. The van der Waals surface area contributed by atoms with Gasteiger partial charge in [0.25, 0.3) is 0 Å². The first-order valence-electron chi connectivity index (χ1n) is 10.2. The number of methoxy groups -OCH3 is 1. The molecule has 0 unspecified atom stereocenters. The van der Waals surface area contributed by atoms with Crippen LogP contribution in [0.4, 0.5) is 0 Å². The number of thiophene rings is 1. The maximum atomic E-state index is 5.90. The van der Waals surface area contributed by atoms with Crippen molar-refractivity contribution < 1.29 is 9.47 Å². The molecular weight excluding hydrogens is 539 g/mol. The van der Waals surface area contributed by atoms with Gasteiger partial charge in [-0.1, -0.05) is 18.2 Å². The van der Waals surface area contributed by atoms with Gasteiger partial charge < -0.3 is 24.7 Å². The van der Waals surface area contributed by atoms with Crippen LogP contribution >= 0.6 is 35.3 Å². The van der Waals surface area contributed by atoms with Crippen LogP contribution in [-0.4, -0.2) is 41.0 Å². The van der Waals surface area contributed by atoms with E-state index in [0.29, 0.717) is 38.8 Å². The lowest BCUT2D eigenvalue weighted by molar-refractivity contribution is 0.145. The number of hydrogen-bond acceptors (Lipinski definition) is 6. The number of ether oxygens (including phenoxy) is 2. The van der Waals surface area contributed by atoms with Gasteiger partial charge in [0.15, 0.2) is 11.8 Å². The van der Waals surface area contributed by atoms with Crippen molar-refractivity contribution in [2.75, 3.05) is 20.3 Å². The van der Waals surface area contributed by atoms with E-state index < -0.39 is 0 Å². The first kappa shape index (κ1) is 26.1. The van der Waals surface area contributed by atoms with Crippen molar-refractivity contribution in [1.29, 1.82) is 0 Å². The van der Waals surface area contributed by atoms with E-state index in [1.165, 1.54) is 4.88 Å². The van der Waals surface area contributed by atoms with Crippen molar-refractivity contribution in [3.8, 4) is 5.75 Å². The molecule has 3 rings (SSSR count). The Kier molecular flexibility index (Phi) is 10.9. The van der Waals surface area contributed by atoms with Crippen LogP contribution in [0, 0.1) is 13.8 Å². The molecule has 10 heteroatoms. The molecule has 8 nitrogen and oxygen atoms in total. The fraction of sp³-hybridized carbons (Fsp3) is 0.409. The minimum absolute atomic E-state index is 0. The smallest absolute Gasteiger partial charge is 0.192 e. The van der Waals surface area contributed by atoms with Crippen LogP contribution in [0.3, 0.4) is 0 Å². The van der Waals surface area contributed by atoms with Gasteiger partial charge in [0.1, 0.15) is 18.2 Å². The second-order valence-electron chi connectivity index (χ2n) is 7.13. The average Bonchev–Trinajstić information content (AvgIpc) is 3.39. The van der Waals surface area contributed by atoms with Gasteiger partial charge in [-0.25, -0.2) is 4.99 Å². The summed E-state index contributed by atoms with van der Waals surface area (Å²) in [5.41, 5.74) is 2.17. The van der Waals surface area contributed by atoms with Crippen LogP contribution in [0.15, 0.2) is 40.7 Å². The Bertz CT molecular complexity index is 990. The number of aliphatic imine (C=N–C) groups is 1. The molecule has 2 heterocycles. The molecule has 3 aromatic rings. The summed E-state index contributed by atoms with van der Waals surface area (Å²) in [6.45, 7) is 6.75. The molecule has 0 fully saturated rings. The highest BCUT2D eigenvalue weighted by molar-refractivity contribution is 14.0. The fourth-order valence-corrected chi connectivity index (χ4v) is 3.50. The quantitative estimate of drug-likeness (QED) is 0.168. The highest BCUT2D eigenvalue weighted by Crippen LogP contribution is 2.21. The minimum atomic E-state index is 0. The second kappa shape index (κ2) is 13.4. The third-order valence-electron chi connectivity index (χ3n) is 4.78. The van der Waals surface area contributed by atoms with E-state index in [1.807, 2.05) is 30.7 Å². The highest BCUT2D eigenvalue weighted by atomic mass is 127. The van der Waals surface area contributed by atoms with Gasteiger partial charge in [-0.2, -0.15) is 0 Å². The van der Waals surface area contributed by atoms with Crippen molar-refractivity contribution in [3.63, 3.8) is 0 Å². The molecule has 0 aliphatic carbocycles. The Morgan fingerprint density at radius 2 is 1.94 bits per heavy atom. The summed E-state index contributed by atoms with van der Waals surface area (Å²) < 4.78 is 13.0. The maximum Gasteiger partial charge on any atom is 0.192 e. The van der Waals surface area contributed by atoms with E-state index >= 15 is 0 Å². The zero-order valence-electron chi connectivity index (χ0n) is 18.9. The van der Waals surface area contributed by atoms with Gasteiger partial charge in [-0.05, 0) is 36.9 Å². The number of nitrogens with zero attached hydrogens (tertiary/aromatic N) is 4. The Labute approximate surface area is 210 Å². The van der Waals surface area contributed by atoms with Crippen molar-refractivity contribution >= 4 is 41.3 Å². The molecule has 0 aliphatic rings. The summed E-state index contributed by atoms with van der Waals surface area (Å²) in [5, 5.41) is 17.2. The number of nitrogens with one attached hydrogen (secondary N) is 2. The van der Waals surface area contributed by atoms with Crippen molar-refractivity contribution in [2.45, 2.75) is 33.5 Å². The van der Waals surface area contributed by atoms with Crippen LogP contribution < -0.4 is 15.4 Å². The Morgan fingerprint density at radius 3 is 2.62 bits per heavy atom. The van der Waals surface area contributed by atoms with Gasteiger partial charge in [0.05, 0.1) is 26.2 Å². The standard InChI is InChI=1S/C22H30N6O2S.HI/c1-16-7-8-18(20(12-16)30-10-9-29-4)13-23-22(24-14-19-6-5-11-31-19)25-15-21-27-26-17(2)28(21)3;/h5-8,11-12H,9-10,13-15H2,1-4H3,(H2,23,24,25);1H. The molecule has 2 N–H and O–H groups in total. The summed E-state index contributed by atoms with van der Waals surface area (Å²) in [6, 6.07) is 10.3. The average molecular weight is 571 g/mol.